The molecule has 0 amide bonds. The predicted octanol–water partition coefficient (Wildman–Crippen LogP) is 0.780. The van der Waals surface area contributed by atoms with Crippen LogP contribution in [0.2, 0.25) is 6.04 Å². The molecule has 0 aliphatic heterocycles. The minimum Gasteiger partial charge on any atom is -0.455 e. The van der Waals surface area contributed by atoms with Crippen LogP contribution in [0.4, 0.5) is 0 Å². The van der Waals surface area contributed by atoms with Crippen molar-refractivity contribution in [3.8, 4) is 0 Å². The Bertz CT molecular complexity index is 330. The van der Waals surface area contributed by atoms with Crippen LogP contribution in [0.15, 0.2) is 12.7 Å². The summed E-state index contributed by atoms with van der Waals surface area (Å²) >= 11 is 0. The average molecular weight is 303 g/mol. The first kappa shape index (κ1) is 18.3. The molecule has 0 aliphatic carbocycles. The Hall–Kier alpha value is -1.67. The van der Waals surface area contributed by atoms with Crippen LogP contribution < -0.4 is 5.32 Å². The summed E-state index contributed by atoms with van der Waals surface area (Å²) in [4.78, 5) is 33.5. The molecule has 0 saturated carbocycles. The van der Waals surface area contributed by atoms with Gasteiger partial charge >= 0.3 is 8.80 Å². The van der Waals surface area contributed by atoms with Crippen LogP contribution in [-0.4, -0.2) is 39.8 Å². The summed E-state index contributed by atoms with van der Waals surface area (Å²) in [6.45, 7) is 8.29. The van der Waals surface area contributed by atoms with E-state index < -0.39 is 26.7 Å². The van der Waals surface area contributed by atoms with Gasteiger partial charge in [-0.1, -0.05) is 6.08 Å². The second-order valence-corrected chi connectivity index (χ2v) is 6.54. The topological polar surface area (TPSA) is 90.9 Å². The van der Waals surface area contributed by atoms with Gasteiger partial charge in [0.1, 0.15) is 0 Å². The second-order valence-electron chi connectivity index (χ2n) is 4.06. The van der Waals surface area contributed by atoms with E-state index in [2.05, 4.69) is 11.9 Å². The highest BCUT2D eigenvalue weighted by Gasteiger charge is 2.51. The maximum absolute atomic E-state index is 11.2. The summed E-state index contributed by atoms with van der Waals surface area (Å²) in [6.07, 6.45) is 2.22. The lowest BCUT2D eigenvalue weighted by Crippen LogP contribution is -2.49. The zero-order valence-corrected chi connectivity index (χ0v) is 13.1. The van der Waals surface area contributed by atoms with Crippen molar-refractivity contribution in [2.24, 2.45) is 0 Å². The van der Waals surface area contributed by atoms with Crippen molar-refractivity contribution in [3.05, 3.63) is 12.7 Å². The van der Waals surface area contributed by atoms with Gasteiger partial charge in [0.2, 0.25) is 0 Å². The summed E-state index contributed by atoms with van der Waals surface area (Å²) < 4.78 is 15.1. The molecule has 8 heteroatoms. The average Bonchev–Trinajstić information content (AvgIpc) is 2.25. The van der Waals surface area contributed by atoms with E-state index >= 15 is 0 Å². The quantitative estimate of drug-likeness (QED) is 0.382. The van der Waals surface area contributed by atoms with Crippen LogP contribution in [0.25, 0.3) is 0 Å². The van der Waals surface area contributed by atoms with E-state index in [-0.39, 0.29) is 6.04 Å². The predicted molar refractivity (Wildman–Crippen MR) is 73.5 cm³/mol. The normalized spacial score (nSPS) is 10.6. The van der Waals surface area contributed by atoms with Gasteiger partial charge in [-0.05, 0) is 13.0 Å². The largest absolute Gasteiger partial charge is 0.705 e. The van der Waals surface area contributed by atoms with Crippen molar-refractivity contribution in [1.82, 2.24) is 5.32 Å². The van der Waals surface area contributed by atoms with Gasteiger partial charge in [-0.2, -0.15) is 0 Å². The van der Waals surface area contributed by atoms with Gasteiger partial charge < -0.3 is 18.6 Å². The van der Waals surface area contributed by atoms with Crippen LogP contribution in [0.5, 0.6) is 0 Å². The third-order valence-corrected chi connectivity index (χ3v) is 4.78. The molecular weight excluding hydrogens is 282 g/mol. The molecule has 0 bridgehead atoms. The number of nitrogens with one attached hydrogen (secondary N) is 1. The molecule has 0 aromatic carbocycles. The van der Waals surface area contributed by atoms with Gasteiger partial charge in [0.25, 0.3) is 17.9 Å². The van der Waals surface area contributed by atoms with E-state index in [0.717, 1.165) is 0 Å². The van der Waals surface area contributed by atoms with Crippen LogP contribution in [0.1, 0.15) is 27.2 Å². The van der Waals surface area contributed by atoms with Crippen molar-refractivity contribution < 1.29 is 27.7 Å². The lowest BCUT2D eigenvalue weighted by molar-refractivity contribution is -0.147. The lowest BCUT2D eigenvalue weighted by Gasteiger charge is -2.26. The highest BCUT2D eigenvalue weighted by Crippen LogP contribution is 2.19. The monoisotopic (exact) mass is 303 g/mol. The van der Waals surface area contributed by atoms with E-state index in [1.807, 2.05) is 0 Å². The van der Waals surface area contributed by atoms with Crippen LogP contribution in [-0.2, 0) is 27.7 Å². The Labute approximate surface area is 119 Å². The molecule has 0 saturated heterocycles. The molecule has 0 radical (unpaired) electrons. The zero-order chi connectivity index (χ0) is 15.6. The Kier molecular flexibility index (Phi) is 8.49. The summed E-state index contributed by atoms with van der Waals surface area (Å²) in [6, 6.07) is 0.176. The maximum atomic E-state index is 11.2. The fourth-order valence-corrected chi connectivity index (χ4v) is 3.86. The molecule has 20 heavy (non-hydrogen) atoms. The molecule has 0 rings (SSSR count). The fourth-order valence-electron chi connectivity index (χ4n) is 1.51. The summed E-state index contributed by atoms with van der Waals surface area (Å²) in [5.41, 5.74) is 0. The van der Waals surface area contributed by atoms with E-state index in [1.165, 1.54) is 20.8 Å². The molecule has 1 N–H and O–H groups in total. The summed E-state index contributed by atoms with van der Waals surface area (Å²) in [7, 11) is -3.66. The molecule has 0 aromatic rings. The van der Waals surface area contributed by atoms with E-state index in [4.69, 9.17) is 13.3 Å². The van der Waals surface area contributed by atoms with Crippen LogP contribution in [0.3, 0.4) is 0 Å². The molecule has 0 atom stereocenters. The molecule has 7 nitrogen and oxygen atoms in total. The van der Waals surface area contributed by atoms with Crippen molar-refractivity contribution >= 4 is 26.7 Å². The van der Waals surface area contributed by atoms with Gasteiger partial charge in [0, 0.05) is 27.3 Å². The number of hydrogen-bond donors (Lipinski definition) is 1. The first-order chi connectivity index (χ1) is 9.31. The van der Waals surface area contributed by atoms with Gasteiger partial charge in [-0.25, -0.2) is 0 Å². The minimum atomic E-state index is -3.66. The molecular formula is C12H21NO6Si. The van der Waals surface area contributed by atoms with Crippen LogP contribution >= 0.6 is 0 Å². The fraction of sp³-hybridized carbons (Fsp3) is 0.583. The van der Waals surface area contributed by atoms with E-state index in [9.17, 15) is 14.4 Å². The second kappa shape index (κ2) is 9.27. The Balaban J connectivity index is 4.76. The molecule has 0 spiro atoms. The Morgan fingerprint density at radius 1 is 1.05 bits per heavy atom. The number of carbonyl (C=O) groups is 3. The van der Waals surface area contributed by atoms with Crippen molar-refractivity contribution in [2.75, 3.05) is 13.1 Å². The van der Waals surface area contributed by atoms with Crippen molar-refractivity contribution in [3.63, 3.8) is 0 Å². The first-order valence-electron chi connectivity index (χ1n) is 6.21. The molecule has 114 valence electrons. The van der Waals surface area contributed by atoms with E-state index in [1.54, 1.807) is 6.08 Å². The standard InChI is InChI=1S/C12H21NO6Si/c1-5-7-13-8-6-9-20(17-10(2)14,18-11(3)15)19-12(4)16/h5,13H,1,6-9H2,2-4H3. The SMILES string of the molecule is C=CCNCCC[Si](OC(C)=O)(OC(C)=O)OC(C)=O. The molecule has 0 unspecified atom stereocenters. The van der Waals surface area contributed by atoms with Crippen molar-refractivity contribution in [1.29, 1.82) is 0 Å². The maximum Gasteiger partial charge on any atom is 0.705 e. The Morgan fingerprint density at radius 3 is 1.85 bits per heavy atom. The molecule has 0 heterocycles. The van der Waals surface area contributed by atoms with Gasteiger partial charge in [0.15, 0.2) is 0 Å². The van der Waals surface area contributed by atoms with E-state index in [0.29, 0.717) is 19.5 Å². The highest BCUT2D eigenvalue weighted by molar-refractivity contribution is 6.65. The van der Waals surface area contributed by atoms with Gasteiger partial charge in [-0.3, -0.25) is 14.4 Å². The smallest absolute Gasteiger partial charge is 0.455 e. The number of rotatable bonds is 9. The molecule has 0 aliphatic rings. The first-order valence-corrected chi connectivity index (χ1v) is 8.15. The van der Waals surface area contributed by atoms with Crippen LogP contribution in [0, 0.1) is 0 Å². The minimum absolute atomic E-state index is 0.176. The number of hydrogen-bond acceptors (Lipinski definition) is 7. The third kappa shape index (κ3) is 8.43. The van der Waals surface area contributed by atoms with Gasteiger partial charge in [-0.15, -0.1) is 6.58 Å². The Morgan fingerprint density at radius 2 is 1.50 bits per heavy atom. The molecule has 0 fully saturated rings. The number of carbonyl (C=O) groups excluding carboxylic acids is 3. The highest BCUT2D eigenvalue weighted by atomic mass is 28.4. The zero-order valence-electron chi connectivity index (χ0n) is 12.1. The molecule has 0 aromatic heterocycles. The van der Waals surface area contributed by atoms with Gasteiger partial charge in [0.05, 0.1) is 6.04 Å². The summed E-state index contributed by atoms with van der Waals surface area (Å²) in [5, 5.41) is 3.05. The van der Waals surface area contributed by atoms with Crippen molar-refractivity contribution in [2.45, 2.75) is 33.2 Å². The third-order valence-electron chi connectivity index (χ3n) is 2.02. The lowest BCUT2D eigenvalue weighted by atomic mass is 10.4. The summed E-state index contributed by atoms with van der Waals surface area (Å²) in [5.74, 6) is -1.96.